The predicted octanol–water partition coefficient (Wildman–Crippen LogP) is 3.02. The molecular formula is C18H18N2O6. The number of nitro benzene ring substituents is 1. The van der Waals surface area contributed by atoms with Gasteiger partial charge in [-0.1, -0.05) is 6.07 Å². The second kappa shape index (κ2) is 8.11. The smallest absolute Gasteiger partial charge is 0.338 e. The van der Waals surface area contributed by atoms with Gasteiger partial charge in [0, 0.05) is 11.8 Å². The van der Waals surface area contributed by atoms with Gasteiger partial charge in [0.1, 0.15) is 0 Å². The van der Waals surface area contributed by atoms with E-state index in [0.29, 0.717) is 5.69 Å². The third-order valence-corrected chi connectivity index (χ3v) is 3.44. The van der Waals surface area contributed by atoms with Gasteiger partial charge in [-0.25, -0.2) is 4.79 Å². The lowest BCUT2D eigenvalue weighted by atomic mass is 10.1. The number of carbonyl (C=O) groups excluding carboxylic acids is 2. The summed E-state index contributed by atoms with van der Waals surface area (Å²) < 4.78 is 9.78. The third kappa shape index (κ3) is 4.79. The molecule has 8 heteroatoms. The maximum Gasteiger partial charge on any atom is 0.338 e. The molecule has 8 nitrogen and oxygen atoms in total. The Morgan fingerprint density at radius 1 is 1.12 bits per heavy atom. The van der Waals surface area contributed by atoms with Crippen LogP contribution < -0.4 is 10.1 Å². The van der Waals surface area contributed by atoms with E-state index in [-0.39, 0.29) is 11.3 Å². The molecule has 1 amide bonds. The number of nitro groups is 1. The zero-order valence-electron chi connectivity index (χ0n) is 14.6. The van der Waals surface area contributed by atoms with Crippen LogP contribution in [0.2, 0.25) is 0 Å². The summed E-state index contributed by atoms with van der Waals surface area (Å²) in [5.74, 6) is -1.27. The van der Waals surface area contributed by atoms with Crippen LogP contribution in [-0.2, 0) is 9.53 Å². The van der Waals surface area contributed by atoms with E-state index in [0.717, 1.165) is 17.2 Å². The fourth-order valence-corrected chi connectivity index (χ4v) is 2.41. The number of hydrogen-bond donors (Lipinski definition) is 1. The van der Waals surface area contributed by atoms with E-state index in [4.69, 9.17) is 4.74 Å². The molecule has 0 aromatic heterocycles. The number of benzene rings is 2. The van der Waals surface area contributed by atoms with Gasteiger partial charge >= 0.3 is 11.7 Å². The molecule has 2 aromatic rings. The van der Waals surface area contributed by atoms with Crippen molar-refractivity contribution < 1.29 is 24.0 Å². The van der Waals surface area contributed by atoms with Crippen molar-refractivity contribution in [2.45, 2.75) is 13.8 Å². The largest absolute Gasteiger partial charge is 0.477 e. The molecule has 0 aliphatic carbocycles. The van der Waals surface area contributed by atoms with Crippen molar-refractivity contribution in [3.05, 3.63) is 63.2 Å². The van der Waals surface area contributed by atoms with Gasteiger partial charge in [-0.15, -0.1) is 0 Å². The Morgan fingerprint density at radius 3 is 2.35 bits per heavy atom. The second-order valence-electron chi connectivity index (χ2n) is 5.64. The number of methoxy groups -OCH3 is 1. The van der Waals surface area contributed by atoms with Gasteiger partial charge in [0.2, 0.25) is 0 Å². The fourth-order valence-electron chi connectivity index (χ4n) is 2.41. The Hall–Kier alpha value is -3.42. The lowest BCUT2D eigenvalue weighted by Crippen LogP contribution is -2.20. The van der Waals surface area contributed by atoms with Crippen LogP contribution in [0.3, 0.4) is 0 Å². The van der Waals surface area contributed by atoms with Crippen LogP contribution >= 0.6 is 0 Å². The van der Waals surface area contributed by atoms with Crippen LogP contribution in [0.25, 0.3) is 0 Å². The summed E-state index contributed by atoms with van der Waals surface area (Å²) in [4.78, 5) is 34.0. The van der Waals surface area contributed by atoms with E-state index < -0.39 is 29.1 Å². The van der Waals surface area contributed by atoms with E-state index >= 15 is 0 Å². The highest BCUT2D eigenvalue weighted by Gasteiger charge is 2.20. The van der Waals surface area contributed by atoms with Crippen molar-refractivity contribution in [2.24, 2.45) is 0 Å². The van der Waals surface area contributed by atoms with Gasteiger partial charge in [0.05, 0.1) is 17.6 Å². The molecule has 0 bridgehead atoms. The average molecular weight is 358 g/mol. The lowest BCUT2D eigenvalue weighted by molar-refractivity contribution is -0.385. The number of hydrogen-bond acceptors (Lipinski definition) is 6. The van der Waals surface area contributed by atoms with Crippen LogP contribution in [0.5, 0.6) is 5.75 Å². The normalized spacial score (nSPS) is 10.1. The topological polar surface area (TPSA) is 108 Å². The first-order chi connectivity index (χ1) is 12.3. The van der Waals surface area contributed by atoms with Crippen LogP contribution in [0.15, 0.2) is 36.4 Å². The molecule has 0 fully saturated rings. The molecular weight excluding hydrogens is 340 g/mol. The highest BCUT2D eigenvalue weighted by atomic mass is 16.6. The van der Waals surface area contributed by atoms with Crippen molar-refractivity contribution in [3.63, 3.8) is 0 Å². The summed E-state index contributed by atoms with van der Waals surface area (Å²) in [6.45, 7) is 3.40. The number of anilines is 1. The summed E-state index contributed by atoms with van der Waals surface area (Å²) in [6.07, 6.45) is 0. The number of rotatable bonds is 6. The van der Waals surface area contributed by atoms with Crippen LogP contribution in [0, 0.1) is 24.0 Å². The molecule has 0 saturated heterocycles. The van der Waals surface area contributed by atoms with E-state index in [1.54, 1.807) is 12.1 Å². The molecule has 0 aliphatic heterocycles. The summed E-state index contributed by atoms with van der Waals surface area (Å²) in [6, 6.07) is 9.21. The van der Waals surface area contributed by atoms with E-state index in [2.05, 4.69) is 10.1 Å². The van der Waals surface area contributed by atoms with Gasteiger partial charge in [-0.05, 0) is 49.2 Å². The first kappa shape index (κ1) is 18.9. The minimum absolute atomic E-state index is 0.0197. The van der Waals surface area contributed by atoms with E-state index in [1.165, 1.54) is 19.2 Å². The Balaban J connectivity index is 2.09. The summed E-state index contributed by atoms with van der Waals surface area (Å²) >= 11 is 0. The van der Waals surface area contributed by atoms with Crippen LogP contribution in [0.1, 0.15) is 21.5 Å². The summed E-state index contributed by atoms with van der Waals surface area (Å²) in [7, 11) is 1.18. The maximum atomic E-state index is 12.0. The Morgan fingerprint density at radius 2 is 1.77 bits per heavy atom. The second-order valence-corrected chi connectivity index (χ2v) is 5.64. The standard InChI is InChI=1S/C18H18N2O6/c1-11-6-12(2)8-14(7-11)19-17(21)10-26-16-5-4-13(18(22)25-3)9-15(16)20(23)24/h4-9H,10H2,1-3H3,(H,19,21). The molecule has 1 N–H and O–H groups in total. The molecule has 0 saturated carbocycles. The van der Waals surface area contributed by atoms with Crippen molar-refractivity contribution in [2.75, 3.05) is 19.0 Å². The zero-order chi connectivity index (χ0) is 19.3. The number of aryl methyl sites for hydroxylation is 2. The highest BCUT2D eigenvalue weighted by molar-refractivity contribution is 5.92. The first-order valence-corrected chi connectivity index (χ1v) is 7.68. The first-order valence-electron chi connectivity index (χ1n) is 7.68. The lowest BCUT2D eigenvalue weighted by Gasteiger charge is -2.10. The van der Waals surface area contributed by atoms with Gasteiger partial charge < -0.3 is 14.8 Å². The molecule has 2 aromatic carbocycles. The van der Waals surface area contributed by atoms with Crippen molar-refractivity contribution in [3.8, 4) is 5.75 Å². The molecule has 0 atom stereocenters. The molecule has 0 spiro atoms. The van der Waals surface area contributed by atoms with Crippen molar-refractivity contribution in [1.82, 2.24) is 0 Å². The number of nitrogens with zero attached hydrogens (tertiary/aromatic N) is 1. The molecule has 2 rings (SSSR count). The van der Waals surface area contributed by atoms with E-state index in [1.807, 2.05) is 19.9 Å². The monoisotopic (exact) mass is 358 g/mol. The van der Waals surface area contributed by atoms with E-state index in [9.17, 15) is 19.7 Å². The third-order valence-electron chi connectivity index (χ3n) is 3.44. The molecule has 26 heavy (non-hydrogen) atoms. The summed E-state index contributed by atoms with van der Waals surface area (Å²) in [5.41, 5.74) is 2.20. The zero-order valence-corrected chi connectivity index (χ0v) is 14.6. The van der Waals surface area contributed by atoms with Gasteiger partial charge in [0.25, 0.3) is 5.91 Å². The van der Waals surface area contributed by atoms with Crippen LogP contribution in [0.4, 0.5) is 11.4 Å². The number of esters is 1. The summed E-state index contributed by atoms with van der Waals surface area (Å²) in [5, 5.41) is 13.8. The fraction of sp³-hybridized carbons (Fsp3) is 0.222. The minimum Gasteiger partial charge on any atom is -0.477 e. The SMILES string of the molecule is COC(=O)c1ccc(OCC(=O)Nc2cc(C)cc(C)c2)c([N+](=O)[O-])c1. The van der Waals surface area contributed by atoms with Gasteiger partial charge in [-0.2, -0.15) is 0 Å². The van der Waals surface area contributed by atoms with Crippen molar-refractivity contribution in [1.29, 1.82) is 0 Å². The number of carbonyl (C=O) groups is 2. The quantitative estimate of drug-likeness (QED) is 0.483. The molecule has 0 radical (unpaired) electrons. The Kier molecular flexibility index (Phi) is 5.90. The molecule has 136 valence electrons. The molecule has 0 aliphatic rings. The number of nitrogens with one attached hydrogen (secondary N) is 1. The van der Waals surface area contributed by atoms with Crippen LogP contribution in [-0.4, -0.2) is 30.5 Å². The minimum atomic E-state index is -0.702. The molecule has 0 heterocycles. The predicted molar refractivity (Wildman–Crippen MR) is 94.5 cm³/mol. The Labute approximate surface area is 149 Å². The molecule has 0 unspecified atom stereocenters. The number of ether oxygens (including phenoxy) is 2. The Bertz CT molecular complexity index is 843. The van der Waals surface area contributed by atoms with Gasteiger partial charge in [0.15, 0.2) is 12.4 Å². The van der Waals surface area contributed by atoms with Gasteiger partial charge in [-0.3, -0.25) is 14.9 Å². The highest BCUT2D eigenvalue weighted by Crippen LogP contribution is 2.28. The average Bonchev–Trinajstić information content (AvgIpc) is 2.58. The number of amides is 1. The maximum absolute atomic E-state index is 12.0. The van der Waals surface area contributed by atoms with Crippen molar-refractivity contribution >= 4 is 23.3 Å².